The number of aliphatic hydroxyl groups is 2. The first-order valence-electron chi connectivity index (χ1n) is 13.5. The number of allylic oxidation sites excluding steroid dienone is 1. The van der Waals surface area contributed by atoms with Crippen molar-refractivity contribution in [2.75, 3.05) is 0 Å². The van der Waals surface area contributed by atoms with Crippen LogP contribution < -0.4 is 0 Å². The maximum Gasteiger partial charge on any atom is 0.330 e. The number of carbonyl (C=O) groups is 1. The molecule has 4 rings (SSSR count). The zero-order valence-electron chi connectivity index (χ0n) is 20.8. The highest BCUT2D eigenvalue weighted by atomic mass is 16.6. The molecule has 0 aromatic rings. The van der Waals surface area contributed by atoms with Crippen LogP contribution in [0.1, 0.15) is 77.0 Å². The molecule has 4 aliphatic rings. The first-order valence-corrected chi connectivity index (χ1v) is 13.5. The van der Waals surface area contributed by atoms with Gasteiger partial charge in [0.2, 0.25) is 0 Å². The van der Waals surface area contributed by atoms with Gasteiger partial charge in [0.25, 0.3) is 0 Å². The van der Waals surface area contributed by atoms with Crippen LogP contribution in [0.15, 0.2) is 48.6 Å². The Morgan fingerprint density at radius 3 is 2.71 bits per heavy atom. The Morgan fingerprint density at radius 1 is 1.06 bits per heavy atom. The molecule has 0 amide bonds. The van der Waals surface area contributed by atoms with Crippen molar-refractivity contribution >= 4 is 5.97 Å². The van der Waals surface area contributed by atoms with Gasteiger partial charge < -0.3 is 24.4 Å². The van der Waals surface area contributed by atoms with E-state index < -0.39 is 24.3 Å². The Bertz CT molecular complexity index is 795. The van der Waals surface area contributed by atoms with Crippen molar-refractivity contribution < 1.29 is 29.2 Å². The molecular weight excluding hydrogens is 444 g/mol. The summed E-state index contributed by atoms with van der Waals surface area (Å²) in [6, 6.07) is 0. The van der Waals surface area contributed by atoms with Crippen molar-refractivity contribution in [3.05, 3.63) is 48.6 Å². The summed E-state index contributed by atoms with van der Waals surface area (Å²) in [5.74, 6) is -0.0120. The zero-order chi connectivity index (χ0) is 24.6. The van der Waals surface area contributed by atoms with Crippen LogP contribution in [0.4, 0.5) is 0 Å². The van der Waals surface area contributed by atoms with Crippen LogP contribution >= 0.6 is 0 Å². The normalized spacial score (nSPS) is 37.7. The van der Waals surface area contributed by atoms with Gasteiger partial charge >= 0.3 is 5.97 Å². The van der Waals surface area contributed by atoms with Gasteiger partial charge in [-0.15, -0.1) is 0 Å². The van der Waals surface area contributed by atoms with Gasteiger partial charge in [-0.1, -0.05) is 61.8 Å². The minimum atomic E-state index is -0.915. The highest BCUT2D eigenvalue weighted by molar-refractivity contribution is 5.82. The Morgan fingerprint density at radius 2 is 1.89 bits per heavy atom. The second kappa shape index (κ2) is 13.0. The number of rotatable bonds is 3. The molecule has 1 saturated heterocycles. The minimum absolute atomic E-state index is 0.0536. The van der Waals surface area contributed by atoms with Crippen molar-refractivity contribution in [1.29, 1.82) is 0 Å². The molecule has 0 spiro atoms. The number of carbonyl (C=O) groups excluding carboxylic acids is 1. The molecule has 0 aromatic heterocycles. The van der Waals surface area contributed by atoms with Gasteiger partial charge in [-0.3, -0.25) is 0 Å². The molecule has 2 bridgehead atoms. The molecule has 7 atom stereocenters. The molecule has 194 valence electrons. The van der Waals surface area contributed by atoms with Gasteiger partial charge in [0, 0.05) is 12.5 Å². The Labute approximate surface area is 209 Å². The fourth-order valence-electron chi connectivity index (χ4n) is 5.52. The SMILES string of the molecule is C=C1CCCC2CC=CC(C/C=C\C(=O)OC(C(O)/C=C/C3CCCCC3)C[C@@H]3OC3[C@@H](O)C1)O2. The lowest BCUT2D eigenvalue weighted by molar-refractivity contribution is -0.148. The molecule has 1 saturated carbocycles. The van der Waals surface area contributed by atoms with E-state index in [0.717, 1.165) is 44.1 Å². The molecular formula is C29H42O6. The highest BCUT2D eigenvalue weighted by Crippen LogP contribution is 2.34. The maximum atomic E-state index is 12.6. The summed E-state index contributed by atoms with van der Waals surface area (Å²) in [6.07, 6.45) is 19.6. The Hall–Kier alpha value is -1.73. The van der Waals surface area contributed by atoms with E-state index in [0.29, 0.717) is 25.2 Å². The number of hydrogen-bond donors (Lipinski definition) is 2. The quantitative estimate of drug-likeness (QED) is 0.341. The number of aliphatic hydroxyl groups excluding tert-OH is 2. The molecule has 0 aromatic carbocycles. The zero-order valence-corrected chi connectivity index (χ0v) is 20.8. The topological polar surface area (TPSA) is 88.5 Å². The minimum Gasteiger partial charge on any atom is -0.456 e. The van der Waals surface area contributed by atoms with Crippen LogP contribution in [0, 0.1) is 5.92 Å². The molecule has 3 heterocycles. The van der Waals surface area contributed by atoms with E-state index >= 15 is 0 Å². The maximum absolute atomic E-state index is 12.6. The van der Waals surface area contributed by atoms with Gasteiger partial charge in [-0.05, 0) is 57.3 Å². The summed E-state index contributed by atoms with van der Waals surface area (Å²) in [7, 11) is 0. The smallest absolute Gasteiger partial charge is 0.330 e. The van der Waals surface area contributed by atoms with Crippen LogP contribution in [0.25, 0.3) is 0 Å². The second-order valence-electron chi connectivity index (χ2n) is 10.6. The van der Waals surface area contributed by atoms with E-state index in [4.69, 9.17) is 14.2 Å². The van der Waals surface area contributed by atoms with E-state index in [9.17, 15) is 15.0 Å². The fraction of sp³-hybridized carbons (Fsp3) is 0.690. The first-order chi connectivity index (χ1) is 17.0. The molecule has 1 aliphatic carbocycles. The standard InChI is InChI=1S/C29H42O6/c1-20-8-5-11-22-12-6-13-23(33-22)14-7-15-28(32)34-26(19-27-29(35-27)25(31)18-20)24(30)17-16-21-9-3-2-4-10-21/h6-7,13,15-17,21-27,29-31H,1-5,8-12,14,18-19H2/b15-7-,17-16+/t22?,23?,24?,25-,26?,27-,29?/m0/s1. The van der Waals surface area contributed by atoms with Crippen LogP contribution in [0.3, 0.4) is 0 Å². The average molecular weight is 487 g/mol. The molecule has 6 heteroatoms. The van der Waals surface area contributed by atoms with Crippen LogP contribution in [-0.2, 0) is 19.0 Å². The summed E-state index contributed by atoms with van der Waals surface area (Å²) in [5.41, 5.74) is 1.01. The Kier molecular flexibility index (Phi) is 9.78. The second-order valence-corrected chi connectivity index (χ2v) is 10.6. The monoisotopic (exact) mass is 486 g/mol. The van der Waals surface area contributed by atoms with E-state index in [-0.39, 0.29) is 24.4 Å². The molecule has 2 N–H and O–H groups in total. The summed E-state index contributed by atoms with van der Waals surface area (Å²) in [5, 5.41) is 21.5. The highest BCUT2D eigenvalue weighted by Gasteiger charge is 2.46. The summed E-state index contributed by atoms with van der Waals surface area (Å²) < 4.78 is 17.6. The van der Waals surface area contributed by atoms with Gasteiger partial charge in [0.15, 0.2) is 0 Å². The molecule has 0 radical (unpaired) electrons. The van der Waals surface area contributed by atoms with E-state index in [1.807, 2.05) is 6.08 Å². The lowest BCUT2D eigenvalue weighted by Gasteiger charge is -2.25. The summed E-state index contributed by atoms with van der Waals surface area (Å²) in [4.78, 5) is 12.6. The number of epoxide rings is 1. The van der Waals surface area contributed by atoms with Crippen molar-refractivity contribution in [1.82, 2.24) is 0 Å². The predicted octanol–water partition coefficient (Wildman–Crippen LogP) is 4.70. The molecule has 6 nitrogen and oxygen atoms in total. The van der Waals surface area contributed by atoms with Crippen molar-refractivity contribution in [2.45, 2.75) is 120 Å². The number of ether oxygens (including phenoxy) is 3. The number of hydrogen-bond acceptors (Lipinski definition) is 6. The third-order valence-corrected chi connectivity index (χ3v) is 7.64. The van der Waals surface area contributed by atoms with Crippen LogP contribution in [0.2, 0.25) is 0 Å². The average Bonchev–Trinajstić information content (AvgIpc) is 3.62. The first kappa shape index (κ1) is 26.3. The molecule has 5 unspecified atom stereocenters. The number of esters is 1. The van der Waals surface area contributed by atoms with Gasteiger partial charge in [-0.2, -0.15) is 0 Å². The lowest BCUT2D eigenvalue weighted by atomic mass is 9.88. The third-order valence-electron chi connectivity index (χ3n) is 7.64. The van der Waals surface area contributed by atoms with Gasteiger partial charge in [0.05, 0.1) is 24.4 Å². The van der Waals surface area contributed by atoms with Crippen molar-refractivity contribution in [3.8, 4) is 0 Å². The van der Waals surface area contributed by atoms with E-state index in [1.165, 1.54) is 25.3 Å². The lowest BCUT2D eigenvalue weighted by Crippen LogP contribution is -2.32. The van der Waals surface area contributed by atoms with Gasteiger partial charge in [0.1, 0.15) is 18.3 Å². The van der Waals surface area contributed by atoms with E-state index in [2.05, 4.69) is 18.7 Å². The van der Waals surface area contributed by atoms with Crippen molar-refractivity contribution in [2.24, 2.45) is 5.92 Å². The largest absolute Gasteiger partial charge is 0.456 e. The molecule has 2 fully saturated rings. The molecule has 3 aliphatic heterocycles. The number of cyclic esters (lactones) is 1. The number of fused-ring (bicyclic) bond motifs is 3. The van der Waals surface area contributed by atoms with Crippen LogP contribution in [0.5, 0.6) is 0 Å². The molecule has 35 heavy (non-hydrogen) atoms. The van der Waals surface area contributed by atoms with E-state index in [1.54, 1.807) is 12.2 Å². The van der Waals surface area contributed by atoms with Gasteiger partial charge in [-0.25, -0.2) is 4.79 Å². The predicted molar refractivity (Wildman–Crippen MR) is 135 cm³/mol. The fourth-order valence-corrected chi connectivity index (χ4v) is 5.52. The summed E-state index contributed by atoms with van der Waals surface area (Å²) in [6.45, 7) is 4.15. The third kappa shape index (κ3) is 8.42. The Balaban J connectivity index is 1.42. The van der Waals surface area contributed by atoms with Crippen molar-refractivity contribution in [3.63, 3.8) is 0 Å². The van der Waals surface area contributed by atoms with Crippen LogP contribution in [-0.4, -0.2) is 58.9 Å². The summed E-state index contributed by atoms with van der Waals surface area (Å²) >= 11 is 0.